The first kappa shape index (κ1) is 18.2. The minimum atomic E-state index is -0.516. The van der Waals surface area contributed by atoms with Crippen LogP contribution in [0.15, 0.2) is 54.6 Å². The summed E-state index contributed by atoms with van der Waals surface area (Å²) in [5.41, 5.74) is 2.33. The van der Waals surface area contributed by atoms with Crippen LogP contribution in [0.2, 0.25) is 0 Å². The van der Waals surface area contributed by atoms with E-state index >= 15 is 0 Å². The van der Waals surface area contributed by atoms with Gasteiger partial charge in [-0.3, -0.25) is 4.89 Å². The van der Waals surface area contributed by atoms with E-state index in [9.17, 15) is 4.79 Å². The highest BCUT2D eigenvalue weighted by Crippen LogP contribution is 2.19. The fraction of sp³-hybridized carbons (Fsp3) is 0.350. The van der Waals surface area contributed by atoms with Crippen molar-refractivity contribution in [2.45, 2.75) is 39.4 Å². The number of ether oxygens (including phenoxy) is 1. The third kappa shape index (κ3) is 5.80. The van der Waals surface area contributed by atoms with E-state index in [4.69, 9.17) is 14.5 Å². The zero-order valence-corrected chi connectivity index (χ0v) is 14.6. The second-order valence-electron chi connectivity index (χ2n) is 6.64. The van der Waals surface area contributed by atoms with Gasteiger partial charge in [-0.25, -0.2) is 4.79 Å². The third-order valence-corrected chi connectivity index (χ3v) is 3.27. The molecule has 0 aliphatic carbocycles. The third-order valence-electron chi connectivity index (χ3n) is 3.27. The van der Waals surface area contributed by atoms with Crippen molar-refractivity contribution in [3.63, 3.8) is 0 Å². The van der Waals surface area contributed by atoms with Gasteiger partial charge in [-0.1, -0.05) is 42.5 Å². The fourth-order valence-electron chi connectivity index (χ4n) is 2.00. The maximum Gasteiger partial charge on any atom is 0.373 e. The van der Waals surface area contributed by atoms with E-state index in [2.05, 4.69) is 0 Å². The van der Waals surface area contributed by atoms with Crippen molar-refractivity contribution >= 4 is 5.97 Å². The summed E-state index contributed by atoms with van der Waals surface area (Å²) < 4.78 is 5.58. The van der Waals surface area contributed by atoms with Crippen LogP contribution in [0.25, 0.3) is 11.1 Å². The van der Waals surface area contributed by atoms with Crippen molar-refractivity contribution in [2.75, 3.05) is 6.61 Å². The van der Waals surface area contributed by atoms with Crippen molar-refractivity contribution in [3.05, 3.63) is 60.2 Å². The van der Waals surface area contributed by atoms with Crippen LogP contribution >= 0.6 is 0 Å². The molecule has 2 aromatic rings. The van der Waals surface area contributed by atoms with Gasteiger partial charge in [0.2, 0.25) is 0 Å². The quantitative estimate of drug-likeness (QED) is 0.572. The van der Waals surface area contributed by atoms with Crippen molar-refractivity contribution < 1.29 is 19.3 Å². The Balaban J connectivity index is 1.87. The molecular weight excluding hydrogens is 304 g/mol. The van der Waals surface area contributed by atoms with Crippen LogP contribution in [0.4, 0.5) is 0 Å². The van der Waals surface area contributed by atoms with E-state index in [0.29, 0.717) is 12.2 Å². The summed E-state index contributed by atoms with van der Waals surface area (Å²) >= 11 is 0. The van der Waals surface area contributed by atoms with E-state index in [0.717, 1.165) is 11.1 Å². The highest BCUT2D eigenvalue weighted by molar-refractivity contribution is 5.89. The van der Waals surface area contributed by atoms with Crippen molar-refractivity contribution in [3.8, 4) is 11.1 Å². The van der Waals surface area contributed by atoms with Crippen molar-refractivity contribution in [2.24, 2.45) is 0 Å². The number of hydrogen-bond donors (Lipinski definition) is 0. The number of rotatable bonds is 6. The molecule has 4 nitrogen and oxygen atoms in total. The molecule has 1 atom stereocenters. The first-order chi connectivity index (χ1) is 11.3. The lowest BCUT2D eigenvalue weighted by atomic mass is 10.0. The Hall–Kier alpha value is -2.17. The van der Waals surface area contributed by atoms with Crippen LogP contribution in [0.5, 0.6) is 0 Å². The minimum Gasteiger partial charge on any atom is -0.373 e. The number of hydrogen-bond acceptors (Lipinski definition) is 4. The van der Waals surface area contributed by atoms with Crippen molar-refractivity contribution in [1.29, 1.82) is 0 Å². The zero-order chi connectivity index (χ0) is 17.6. The molecule has 128 valence electrons. The first-order valence-electron chi connectivity index (χ1n) is 8.02. The lowest BCUT2D eigenvalue weighted by Gasteiger charge is -2.21. The summed E-state index contributed by atoms with van der Waals surface area (Å²) in [5, 5.41) is 0. The molecule has 0 aromatic heterocycles. The van der Waals surface area contributed by atoms with E-state index in [1.54, 1.807) is 19.1 Å². The molecule has 0 saturated carbocycles. The molecular formula is C20H24O4. The summed E-state index contributed by atoms with van der Waals surface area (Å²) in [5.74, 6) is -0.516. The summed E-state index contributed by atoms with van der Waals surface area (Å²) in [6.45, 7) is 8.02. The van der Waals surface area contributed by atoms with E-state index in [-0.39, 0.29) is 11.7 Å². The predicted octanol–water partition coefficient (Wildman–Crippen LogP) is 4.65. The van der Waals surface area contributed by atoms with Crippen LogP contribution in [0.3, 0.4) is 0 Å². The molecule has 2 aromatic carbocycles. The molecule has 1 unspecified atom stereocenters. The Bertz CT molecular complexity index is 642. The number of benzene rings is 2. The van der Waals surface area contributed by atoms with Gasteiger partial charge < -0.3 is 4.74 Å². The van der Waals surface area contributed by atoms with Gasteiger partial charge in [0, 0.05) is 0 Å². The molecule has 0 N–H and O–H groups in total. The van der Waals surface area contributed by atoms with Gasteiger partial charge in [0.25, 0.3) is 0 Å². The van der Waals surface area contributed by atoms with E-state index in [1.165, 1.54) is 0 Å². The van der Waals surface area contributed by atoms with Gasteiger partial charge in [-0.2, -0.15) is 4.89 Å². The maximum absolute atomic E-state index is 12.0. The smallest absolute Gasteiger partial charge is 0.373 e. The normalized spacial score (nSPS) is 12.7. The van der Waals surface area contributed by atoms with Crippen LogP contribution in [0.1, 0.15) is 38.1 Å². The number of carbonyl (C=O) groups is 1. The Morgan fingerprint density at radius 2 is 1.54 bits per heavy atom. The Kier molecular flexibility index (Phi) is 6.12. The van der Waals surface area contributed by atoms with Crippen LogP contribution < -0.4 is 0 Å². The Morgan fingerprint density at radius 1 is 0.958 bits per heavy atom. The molecule has 0 fully saturated rings. The Labute approximate surface area is 143 Å². The molecule has 0 saturated heterocycles. The summed E-state index contributed by atoms with van der Waals surface area (Å²) in [4.78, 5) is 22.0. The predicted molar refractivity (Wildman–Crippen MR) is 93.5 cm³/mol. The molecule has 0 aliphatic rings. The zero-order valence-electron chi connectivity index (χ0n) is 14.6. The number of carbonyl (C=O) groups excluding carboxylic acids is 1. The van der Waals surface area contributed by atoms with Gasteiger partial charge in [-0.15, -0.1) is 0 Å². The monoisotopic (exact) mass is 328 g/mol. The molecule has 0 heterocycles. The largest absolute Gasteiger partial charge is 0.373 e. The summed E-state index contributed by atoms with van der Waals surface area (Å²) in [6, 6.07) is 17.2. The van der Waals surface area contributed by atoms with Crippen LogP contribution in [0, 0.1) is 0 Å². The SMILES string of the molecule is CC(COC(C)(C)C)OOC(=O)c1ccc(-c2ccccc2)cc1. The highest BCUT2D eigenvalue weighted by Gasteiger charge is 2.15. The molecule has 0 bridgehead atoms. The molecule has 24 heavy (non-hydrogen) atoms. The van der Waals surface area contributed by atoms with Crippen LogP contribution in [-0.4, -0.2) is 24.3 Å². The minimum absolute atomic E-state index is 0.255. The summed E-state index contributed by atoms with van der Waals surface area (Å²) in [6.07, 6.45) is -0.336. The first-order valence-corrected chi connectivity index (χ1v) is 8.02. The highest BCUT2D eigenvalue weighted by atomic mass is 17.2. The molecule has 0 spiro atoms. The lowest BCUT2D eigenvalue weighted by molar-refractivity contribution is -0.282. The average Bonchev–Trinajstić information content (AvgIpc) is 2.58. The van der Waals surface area contributed by atoms with Gasteiger partial charge in [0.1, 0.15) is 6.10 Å². The van der Waals surface area contributed by atoms with Gasteiger partial charge in [0.15, 0.2) is 0 Å². The second kappa shape index (κ2) is 8.08. The molecule has 0 aliphatic heterocycles. The molecule has 0 radical (unpaired) electrons. The van der Waals surface area contributed by atoms with Crippen molar-refractivity contribution in [1.82, 2.24) is 0 Å². The standard InChI is InChI=1S/C20H24O4/c1-15(14-22-20(2,3)4)23-24-19(21)18-12-10-17(11-13-18)16-8-6-5-7-9-16/h5-13,15H,14H2,1-4H3. The topological polar surface area (TPSA) is 44.8 Å². The van der Waals surface area contributed by atoms with E-state index in [1.807, 2.05) is 63.2 Å². The maximum atomic E-state index is 12.0. The second-order valence-corrected chi connectivity index (χ2v) is 6.64. The van der Waals surface area contributed by atoms with Gasteiger partial charge in [0.05, 0.1) is 17.8 Å². The molecule has 4 heteroatoms. The van der Waals surface area contributed by atoms with Gasteiger partial charge in [-0.05, 0) is 51.0 Å². The van der Waals surface area contributed by atoms with Gasteiger partial charge >= 0.3 is 5.97 Å². The fourth-order valence-corrected chi connectivity index (χ4v) is 2.00. The Morgan fingerprint density at radius 3 is 2.12 bits per heavy atom. The molecule has 2 rings (SSSR count). The molecule has 0 amide bonds. The van der Waals surface area contributed by atoms with E-state index < -0.39 is 5.97 Å². The lowest BCUT2D eigenvalue weighted by Crippen LogP contribution is -2.27. The van der Waals surface area contributed by atoms with Crippen LogP contribution in [-0.2, 0) is 14.5 Å². The summed E-state index contributed by atoms with van der Waals surface area (Å²) in [7, 11) is 0. The average molecular weight is 328 g/mol.